The summed E-state index contributed by atoms with van der Waals surface area (Å²) in [5, 5.41) is 4.76. The van der Waals surface area contributed by atoms with Crippen LogP contribution in [-0.4, -0.2) is 31.7 Å². The summed E-state index contributed by atoms with van der Waals surface area (Å²) in [5.74, 6) is -0.580. The van der Waals surface area contributed by atoms with Crippen LogP contribution in [0.25, 0.3) is 5.69 Å². The fourth-order valence-corrected chi connectivity index (χ4v) is 5.96. The highest BCUT2D eigenvalue weighted by Gasteiger charge is 2.27. The molecular formula is C28H26BrClN4O3S. The number of rotatable bonds is 8. The summed E-state index contributed by atoms with van der Waals surface area (Å²) in [5.41, 5.74) is 7.44. The van der Waals surface area contributed by atoms with E-state index in [2.05, 4.69) is 31.0 Å². The third kappa shape index (κ3) is 6.18. The standard InChI is InChI=1S/C28H26BrClN4O3S/c1-19-7-13-27(14-8-19)38(36,37)33(26-6-4-5-23(29)16-26)18-28(35)32-31-17-22-15-20(2)34(21(22)3)25-11-9-24(30)10-12-25/h4-17H,18H2,1-3H3,(H,32,35)/b31-17-. The Kier molecular flexibility index (Phi) is 8.40. The number of hydrogen-bond acceptors (Lipinski definition) is 4. The largest absolute Gasteiger partial charge is 0.318 e. The molecule has 0 spiro atoms. The minimum atomic E-state index is -4.02. The number of aryl methyl sites for hydroxylation is 2. The van der Waals surface area contributed by atoms with Crippen LogP contribution in [0.1, 0.15) is 22.5 Å². The predicted molar refractivity (Wildman–Crippen MR) is 156 cm³/mol. The molecule has 196 valence electrons. The number of sulfonamides is 1. The molecule has 7 nitrogen and oxygen atoms in total. The number of nitrogens with one attached hydrogen (secondary N) is 1. The zero-order valence-corrected chi connectivity index (χ0v) is 24.2. The highest BCUT2D eigenvalue weighted by atomic mass is 79.9. The lowest BCUT2D eigenvalue weighted by Crippen LogP contribution is -2.39. The topological polar surface area (TPSA) is 83.8 Å². The van der Waals surface area contributed by atoms with Crippen molar-refractivity contribution in [2.24, 2.45) is 5.10 Å². The van der Waals surface area contributed by atoms with E-state index in [9.17, 15) is 13.2 Å². The first-order valence-electron chi connectivity index (χ1n) is 11.7. The van der Waals surface area contributed by atoms with Crippen molar-refractivity contribution in [1.82, 2.24) is 9.99 Å². The number of aromatic nitrogens is 1. The van der Waals surface area contributed by atoms with E-state index in [-0.39, 0.29) is 4.90 Å². The van der Waals surface area contributed by atoms with Gasteiger partial charge in [0.1, 0.15) is 6.54 Å². The van der Waals surface area contributed by atoms with E-state index in [0.717, 1.165) is 32.5 Å². The Morgan fingerprint density at radius 3 is 2.37 bits per heavy atom. The minimum Gasteiger partial charge on any atom is -0.318 e. The van der Waals surface area contributed by atoms with Gasteiger partial charge in [-0.15, -0.1) is 0 Å². The first-order chi connectivity index (χ1) is 18.1. The first kappa shape index (κ1) is 27.6. The van der Waals surface area contributed by atoms with Crippen molar-refractivity contribution >= 4 is 55.4 Å². The monoisotopic (exact) mass is 612 g/mol. The second kappa shape index (κ2) is 11.6. The third-order valence-electron chi connectivity index (χ3n) is 5.94. The molecule has 0 fully saturated rings. The van der Waals surface area contributed by atoms with Gasteiger partial charge in [0.2, 0.25) is 0 Å². The molecule has 10 heteroatoms. The van der Waals surface area contributed by atoms with E-state index in [1.54, 1.807) is 42.6 Å². The Morgan fingerprint density at radius 2 is 1.71 bits per heavy atom. The molecule has 4 rings (SSSR count). The molecule has 1 amide bonds. The van der Waals surface area contributed by atoms with Crippen molar-refractivity contribution < 1.29 is 13.2 Å². The Morgan fingerprint density at radius 1 is 1.03 bits per heavy atom. The van der Waals surface area contributed by atoms with Gasteiger partial charge in [0.05, 0.1) is 16.8 Å². The number of carbonyl (C=O) groups excluding carboxylic acids is 1. The lowest BCUT2D eigenvalue weighted by Gasteiger charge is -2.24. The van der Waals surface area contributed by atoms with Crippen LogP contribution in [0.5, 0.6) is 0 Å². The second-order valence-corrected chi connectivity index (χ2v) is 12.0. The van der Waals surface area contributed by atoms with E-state index < -0.39 is 22.5 Å². The highest BCUT2D eigenvalue weighted by molar-refractivity contribution is 9.10. The first-order valence-corrected chi connectivity index (χ1v) is 14.3. The van der Waals surface area contributed by atoms with Gasteiger partial charge in [0.25, 0.3) is 15.9 Å². The smallest absolute Gasteiger partial charge is 0.264 e. The maximum absolute atomic E-state index is 13.5. The van der Waals surface area contributed by atoms with Crippen molar-refractivity contribution in [3.8, 4) is 5.69 Å². The number of anilines is 1. The summed E-state index contributed by atoms with van der Waals surface area (Å²) in [6.07, 6.45) is 1.55. The van der Waals surface area contributed by atoms with Gasteiger partial charge in [-0.3, -0.25) is 9.10 Å². The molecule has 1 aromatic heterocycles. The predicted octanol–water partition coefficient (Wildman–Crippen LogP) is 6.16. The average Bonchev–Trinajstić information content (AvgIpc) is 3.16. The van der Waals surface area contributed by atoms with Crippen LogP contribution in [0.15, 0.2) is 93.3 Å². The molecule has 4 aromatic rings. The number of carbonyl (C=O) groups is 1. The third-order valence-corrected chi connectivity index (χ3v) is 8.47. The molecule has 1 heterocycles. The van der Waals surface area contributed by atoms with Crippen LogP contribution < -0.4 is 9.73 Å². The summed E-state index contributed by atoms with van der Waals surface area (Å²) in [6.45, 7) is 5.35. The van der Waals surface area contributed by atoms with Crippen molar-refractivity contribution in [2.75, 3.05) is 10.8 Å². The van der Waals surface area contributed by atoms with E-state index in [1.165, 1.54) is 12.1 Å². The van der Waals surface area contributed by atoms with Crippen LogP contribution in [0.2, 0.25) is 5.02 Å². The molecule has 38 heavy (non-hydrogen) atoms. The fourth-order valence-electron chi connectivity index (χ4n) is 4.03. The highest BCUT2D eigenvalue weighted by Crippen LogP contribution is 2.26. The molecule has 0 saturated heterocycles. The summed E-state index contributed by atoms with van der Waals surface area (Å²) in [7, 11) is -4.02. The molecule has 0 aliphatic rings. The van der Waals surface area contributed by atoms with Crippen molar-refractivity contribution in [2.45, 2.75) is 25.7 Å². The van der Waals surface area contributed by atoms with E-state index in [0.29, 0.717) is 15.2 Å². The van der Waals surface area contributed by atoms with E-state index >= 15 is 0 Å². The number of hydrogen-bond donors (Lipinski definition) is 1. The van der Waals surface area contributed by atoms with Crippen LogP contribution in [0.4, 0.5) is 5.69 Å². The molecule has 0 atom stereocenters. The Hall–Kier alpha value is -3.40. The van der Waals surface area contributed by atoms with Crippen molar-refractivity contribution in [3.05, 3.63) is 111 Å². The van der Waals surface area contributed by atoms with Crippen LogP contribution >= 0.6 is 27.5 Å². The van der Waals surface area contributed by atoms with Gasteiger partial charge in [-0.05, 0) is 81.4 Å². The molecule has 1 N–H and O–H groups in total. The van der Waals surface area contributed by atoms with Gasteiger partial charge < -0.3 is 4.57 Å². The lowest BCUT2D eigenvalue weighted by molar-refractivity contribution is -0.119. The SMILES string of the molecule is Cc1ccc(S(=O)(=O)N(CC(=O)N/N=C\c2cc(C)n(-c3ccc(Cl)cc3)c2C)c2cccc(Br)c2)cc1. The minimum absolute atomic E-state index is 0.0917. The van der Waals surface area contributed by atoms with Gasteiger partial charge >= 0.3 is 0 Å². The number of amides is 1. The van der Waals surface area contributed by atoms with Crippen LogP contribution in [0.3, 0.4) is 0 Å². The Balaban J connectivity index is 1.55. The zero-order valence-electron chi connectivity index (χ0n) is 21.0. The van der Waals surface area contributed by atoms with Gasteiger partial charge in [-0.25, -0.2) is 13.8 Å². The normalized spacial score (nSPS) is 11.6. The van der Waals surface area contributed by atoms with Gasteiger partial charge in [-0.1, -0.05) is 51.3 Å². The summed E-state index contributed by atoms with van der Waals surface area (Å²) in [6, 6.07) is 22.7. The van der Waals surface area contributed by atoms with Crippen molar-refractivity contribution in [3.63, 3.8) is 0 Å². The molecule has 0 aliphatic carbocycles. The van der Waals surface area contributed by atoms with Crippen LogP contribution in [0, 0.1) is 20.8 Å². The molecular weight excluding hydrogens is 588 g/mol. The van der Waals surface area contributed by atoms with Gasteiger partial charge in [0.15, 0.2) is 0 Å². The summed E-state index contributed by atoms with van der Waals surface area (Å²) < 4.78 is 30.8. The molecule has 0 saturated carbocycles. The summed E-state index contributed by atoms with van der Waals surface area (Å²) >= 11 is 9.40. The number of nitrogens with zero attached hydrogens (tertiary/aromatic N) is 3. The lowest BCUT2D eigenvalue weighted by atomic mass is 10.2. The fraction of sp³-hybridized carbons (Fsp3) is 0.143. The number of halogens is 2. The molecule has 0 radical (unpaired) electrons. The second-order valence-electron chi connectivity index (χ2n) is 8.74. The number of benzene rings is 3. The Bertz CT molecular complexity index is 1600. The maximum atomic E-state index is 13.5. The molecule has 0 bridgehead atoms. The average molecular weight is 614 g/mol. The van der Waals surface area contributed by atoms with Gasteiger partial charge in [0, 0.05) is 32.1 Å². The zero-order chi connectivity index (χ0) is 27.4. The molecule has 3 aromatic carbocycles. The summed E-state index contributed by atoms with van der Waals surface area (Å²) in [4.78, 5) is 13.0. The van der Waals surface area contributed by atoms with Gasteiger partial charge in [-0.2, -0.15) is 5.10 Å². The van der Waals surface area contributed by atoms with E-state index in [1.807, 2.05) is 51.1 Å². The number of hydrazone groups is 1. The van der Waals surface area contributed by atoms with E-state index in [4.69, 9.17) is 11.6 Å². The maximum Gasteiger partial charge on any atom is 0.264 e. The Labute approximate surface area is 235 Å². The molecule has 0 aliphatic heterocycles. The van der Waals surface area contributed by atoms with Crippen LogP contribution in [-0.2, 0) is 14.8 Å². The quantitative estimate of drug-likeness (QED) is 0.191. The molecule has 0 unspecified atom stereocenters. The van der Waals surface area contributed by atoms with Crippen molar-refractivity contribution in [1.29, 1.82) is 0 Å².